The maximum absolute atomic E-state index is 9.98. The summed E-state index contributed by atoms with van der Waals surface area (Å²) in [5, 5.41) is 27.8. The fourth-order valence-electron chi connectivity index (χ4n) is 2.08. The molecule has 0 aliphatic carbocycles. The van der Waals surface area contributed by atoms with E-state index in [1.165, 1.54) is 12.4 Å². The van der Waals surface area contributed by atoms with E-state index in [4.69, 9.17) is 9.47 Å². The van der Waals surface area contributed by atoms with Crippen LogP contribution < -0.4 is 9.47 Å². The van der Waals surface area contributed by atoms with E-state index >= 15 is 0 Å². The molecule has 26 heavy (non-hydrogen) atoms. The van der Waals surface area contributed by atoms with Gasteiger partial charge in [-0.25, -0.2) is 0 Å². The lowest BCUT2D eigenvalue weighted by molar-refractivity contribution is 0.315. The average molecular weight is 356 g/mol. The fraction of sp³-hybridized carbons (Fsp3) is 0.300. The van der Waals surface area contributed by atoms with Gasteiger partial charge in [-0.15, -0.1) is 0 Å². The molecule has 0 aromatic heterocycles. The van der Waals surface area contributed by atoms with Crippen molar-refractivity contribution in [3.63, 3.8) is 0 Å². The Labute approximate surface area is 153 Å². The highest BCUT2D eigenvalue weighted by Gasteiger charge is 2.02. The number of hydrogen-bond acceptors (Lipinski definition) is 6. The molecule has 0 aliphatic heterocycles. The van der Waals surface area contributed by atoms with Crippen molar-refractivity contribution in [3.05, 3.63) is 47.5 Å². The zero-order valence-electron chi connectivity index (χ0n) is 15.1. The van der Waals surface area contributed by atoms with Crippen LogP contribution in [0.3, 0.4) is 0 Å². The molecule has 6 nitrogen and oxygen atoms in total. The summed E-state index contributed by atoms with van der Waals surface area (Å²) in [6.07, 6.45) is 4.67. The summed E-state index contributed by atoms with van der Waals surface area (Å²) in [6, 6.07) is 10.0. The highest BCUT2D eigenvalue weighted by molar-refractivity contribution is 5.86. The maximum atomic E-state index is 9.98. The van der Waals surface area contributed by atoms with Gasteiger partial charge in [0.1, 0.15) is 23.0 Å². The van der Waals surface area contributed by atoms with Gasteiger partial charge in [-0.05, 0) is 37.1 Å². The predicted molar refractivity (Wildman–Crippen MR) is 103 cm³/mol. The first kappa shape index (κ1) is 19.3. The van der Waals surface area contributed by atoms with Gasteiger partial charge >= 0.3 is 0 Å². The van der Waals surface area contributed by atoms with Crippen LogP contribution in [0.25, 0.3) is 0 Å². The Balaban J connectivity index is 1.99. The van der Waals surface area contributed by atoms with Crippen molar-refractivity contribution in [2.45, 2.75) is 26.7 Å². The van der Waals surface area contributed by atoms with E-state index in [9.17, 15) is 10.2 Å². The van der Waals surface area contributed by atoms with Gasteiger partial charge in [0, 0.05) is 23.3 Å². The standard InChI is InChI=1S/C20H24N2O4/c1-3-9-25-17-7-5-15(19(23)11-17)13-21-22-14-16-6-8-18(12-20(16)24)26-10-4-2/h5-8,11-14,23-24H,3-4,9-10H2,1-2H3. The third-order valence-electron chi connectivity index (χ3n) is 3.41. The third-order valence-corrected chi connectivity index (χ3v) is 3.41. The summed E-state index contributed by atoms with van der Waals surface area (Å²) in [6.45, 7) is 5.23. The van der Waals surface area contributed by atoms with Crippen molar-refractivity contribution in [2.24, 2.45) is 10.2 Å². The second-order valence-corrected chi connectivity index (χ2v) is 5.63. The SMILES string of the molecule is CCCOc1ccc(C=NN=Cc2ccc(OCCC)cc2O)c(O)c1. The summed E-state index contributed by atoms with van der Waals surface area (Å²) in [5.41, 5.74) is 1.05. The smallest absolute Gasteiger partial charge is 0.128 e. The van der Waals surface area contributed by atoms with E-state index in [0.717, 1.165) is 12.8 Å². The first-order valence-corrected chi connectivity index (χ1v) is 8.62. The predicted octanol–water partition coefficient (Wildman–Crippen LogP) is 4.13. The summed E-state index contributed by atoms with van der Waals surface area (Å²) < 4.78 is 10.9. The van der Waals surface area contributed by atoms with E-state index in [2.05, 4.69) is 10.2 Å². The number of phenolic OH excluding ortho intramolecular Hbond substituents is 2. The van der Waals surface area contributed by atoms with Crippen LogP contribution in [0.1, 0.15) is 37.8 Å². The third kappa shape index (κ3) is 5.81. The summed E-state index contributed by atoms with van der Waals surface area (Å²) in [7, 11) is 0. The molecule has 2 aromatic rings. The van der Waals surface area contributed by atoms with Crippen molar-refractivity contribution in [1.29, 1.82) is 0 Å². The van der Waals surface area contributed by atoms with Gasteiger partial charge in [0.25, 0.3) is 0 Å². The number of aromatic hydroxyl groups is 2. The second-order valence-electron chi connectivity index (χ2n) is 5.63. The van der Waals surface area contributed by atoms with E-state index in [-0.39, 0.29) is 11.5 Å². The minimum Gasteiger partial charge on any atom is -0.507 e. The van der Waals surface area contributed by atoms with Gasteiger partial charge in [0.05, 0.1) is 25.6 Å². The van der Waals surface area contributed by atoms with Crippen LogP contribution in [0.4, 0.5) is 0 Å². The lowest BCUT2D eigenvalue weighted by atomic mass is 10.2. The quantitative estimate of drug-likeness (QED) is 0.523. The van der Waals surface area contributed by atoms with Crippen molar-refractivity contribution in [1.82, 2.24) is 0 Å². The largest absolute Gasteiger partial charge is 0.507 e. The first-order valence-electron chi connectivity index (χ1n) is 8.62. The molecule has 2 rings (SSSR count). The topological polar surface area (TPSA) is 83.6 Å². The maximum Gasteiger partial charge on any atom is 0.128 e. The molecule has 0 unspecified atom stereocenters. The average Bonchev–Trinajstić information content (AvgIpc) is 2.64. The highest BCUT2D eigenvalue weighted by atomic mass is 16.5. The van der Waals surface area contributed by atoms with E-state index < -0.39 is 0 Å². The van der Waals surface area contributed by atoms with Crippen LogP contribution in [0.15, 0.2) is 46.6 Å². The van der Waals surface area contributed by atoms with Gasteiger partial charge in [-0.2, -0.15) is 10.2 Å². The summed E-state index contributed by atoms with van der Waals surface area (Å²) in [4.78, 5) is 0. The van der Waals surface area contributed by atoms with Gasteiger partial charge in [0.2, 0.25) is 0 Å². The Bertz CT molecular complexity index is 707. The summed E-state index contributed by atoms with van der Waals surface area (Å²) >= 11 is 0. The molecule has 0 saturated heterocycles. The van der Waals surface area contributed by atoms with Crippen LogP contribution in [0, 0.1) is 0 Å². The van der Waals surface area contributed by atoms with Crippen molar-refractivity contribution in [2.75, 3.05) is 13.2 Å². The molecule has 0 saturated carbocycles. The highest BCUT2D eigenvalue weighted by Crippen LogP contribution is 2.23. The number of phenols is 2. The molecule has 0 bridgehead atoms. The van der Waals surface area contributed by atoms with E-state index in [1.807, 2.05) is 13.8 Å². The molecule has 6 heteroatoms. The van der Waals surface area contributed by atoms with Crippen LogP contribution in [-0.2, 0) is 0 Å². The minimum absolute atomic E-state index is 0.0674. The molecule has 2 N–H and O–H groups in total. The van der Waals surface area contributed by atoms with Gasteiger partial charge < -0.3 is 19.7 Å². The second kappa shape index (κ2) is 10.1. The Morgan fingerprint density at radius 2 is 1.19 bits per heavy atom. The Morgan fingerprint density at radius 1 is 0.769 bits per heavy atom. The molecule has 2 aromatic carbocycles. The van der Waals surface area contributed by atoms with Crippen molar-refractivity contribution in [3.8, 4) is 23.0 Å². The molecule has 0 radical (unpaired) electrons. The Kier molecular flexibility index (Phi) is 7.49. The van der Waals surface area contributed by atoms with Crippen LogP contribution in [0.2, 0.25) is 0 Å². The van der Waals surface area contributed by atoms with E-state index in [1.54, 1.807) is 36.4 Å². The molecule has 0 aliphatic rings. The van der Waals surface area contributed by atoms with Crippen LogP contribution in [-0.4, -0.2) is 35.9 Å². The van der Waals surface area contributed by atoms with E-state index in [0.29, 0.717) is 35.8 Å². The van der Waals surface area contributed by atoms with Crippen LogP contribution in [0.5, 0.6) is 23.0 Å². The number of nitrogens with zero attached hydrogens (tertiary/aromatic N) is 2. The number of rotatable bonds is 9. The molecule has 0 amide bonds. The molecule has 0 fully saturated rings. The lowest BCUT2D eigenvalue weighted by Gasteiger charge is -2.06. The first-order chi connectivity index (χ1) is 12.6. The zero-order chi connectivity index (χ0) is 18.8. The zero-order valence-corrected chi connectivity index (χ0v) is 15.1. The normalized spacial score (nSPS) is 11.3. The number of benzene rings is 2. The fourth-order valence-corrected chi connectivity index (χ4v) is 2.08. The van der Waals surface area contributed by atoms with Gasteiger partial charge in [0.15, 0.2) is 0 Å². The van der Waals surface area contributed by atoms with Gasteiger partial charge in [-0.3, -0.25) is 0 Å². The summed E-state index contributed by atoms with van der Waals surface area (Å²) in [5.74, 6) is 1.36. The monoisotopic (exact) mass is 356 g/mol. The molecular formula is C20H24N2O4. The minimum atomic E-state index is 0.0674. The molecular weight excluding hydrogens is 332 g/mol. The molecule has 0 atom stereocenters. The lowest BCUT2D eigenvalue weighted by Crippen LogP contribution is -1.95. The van der Waals surface area contributed by atoms with Crippen LogP contribution >= 0.6 is 0 Å². The van der Waals surface area contributed by atoms with Gasteiger partial charge in [-0.1, -0.05) is 13.8 Å². The van der Waals surface area contributed by atoms with Crippen molar-refractivity contribution < 1.29 is 19.7 Å². The Hall–Kier alpha value is -3.02. The number of ether oxygens (including phenoxy) is 2. The molecule has 0 spiro atoms. The Morgan fingerprint density at radius 3 is 1.54 bits per heavy atom. The number of hydrogen-bond donors (Lipinski definition) is 2. The molecule has 138 valence electrons. The molecule has 0 heterocycles. The van der Waals surface area contributed by atoms with Crippen molar-refractivity contribution >= 4 is 12.4 Å².